The predicted molar refractivity (Wildman–Crippen MR) is 61.6 cm³/mol. The number of piperazine rings is 1. The molecule has 0 radical (unpaired) electrons. The molecule has 1 aromatic heterocycles. The van der Waals surface area contributed by atoms with Crippen molar-refractivity contribution in [2.24, 2.45) is 0 Å². The van der Waals surface area contributed by atoms with Crippen molar-refractivity contribution in [3.05, 3.63) is 11.6 Å². The van der Waals surface area contributed by atoms with E-state index in [1.54, 1.807) is 6.92 Å². The number of carbonyl (C=O) groups excluding carboxylic acids is 1. The lowest BCUT2D eigenvalue weighted by atomic mass is 10.1. The maximum Gasteiger partial charge on any atom is 0.293 e. The van der Waals surface area contributed by atoms with Gasteiger partial charge in [-0.15, -0.1) is 5.10 Å². The number of aromatic amines is 1. The molecule has 17 heavy (non-hydrogen) atoms. The Morgan fingerprint density at radius 3 is 3.06 bits per heavy atom. The van der Waals surface area contributed by atoms with E-state index < -0.39 is 0 Å². The minimum absolute atomic E-state index is 0.0408. The van der Waals surface area contributed by atoms with Crippen molar-refractivity contribution in [3.8, 4) is 0 Å². The van der Waals surface area contributed by atoms with Gasteiger partial charge in [-0.1, -0.05) is 0 Å². The van der Waals surface area contributed by atoms with Crippen LogP contribution in [0.25, 0.3) is 0 Å². The second-order valence-corrected chi connectivity index (χ2v) is 4.83. The van der Waals surface area contributed by atoms with Gasteiger partial charge in [0, 0.05) is 25.7 Å². The van der Waals surface area contributed by atoms with Gasteiger partial charge in [-0.25, -0.2) is 4.98 Å². The third kappa shape index (κ3) is 1.93. The normalized spacial score (nSPS) is 25.0. The number of hydrogen-bond donors (Lipinski definition) is 1. The summed E-state index contributed by atoms with van der Waals surface area (Å²) in [6, 6.07) is 0.549. The van der Waals surface area contributed by atoms with Gasteiger partial charge in [-0.3, -0.25) is 14.8 Å². The average Bonchev–Trinajstić information content (AvgIpc) is 2.95. The quantitative estimate of drug-likeness (QED) is 0.746. The minimum Gasteiger partial charge on any atom is -0.333 e. The van der Waals surface area contributed by atoms with Crippen LogP contribution in [0.15, 0.2) is 0 Å². The molecule has 1 aromatic rings. The van der Waals surface area contributed by atoms with E-state index in [1.807, 2.05) is 4.90 Å². The van der Waals surface area contributed by atoms with Gasteiger partial charge in [0.05, 0.1) is 0 Å². The first-order valence-corrected chi connectivity index (χ1v) is 6.16. The molecule has 0 bridgehead atoms. The number of rotatable bonds is 1. The topological polar surface area (TPSA) is 65.1 Å². The number of nitrogens with one attached hydrogen (secondary N) is 1. The number of amides is 1. The van der Waals surface area contributed by atoms with Crippen molar-refractivity contribution >= 4 is 5.91 Å². The summed E-state index contributed by atoms with van der Waals surface area (Å²) >= 11 is 0. The highest BCUT2D eigenvalue weighted by atomic mass is 16.2. The van der Waals surface area contributed by atoms with Gasteiger partial charge in [0.25, 0.3) is 5.91 Å². The summed E-state index contributed by atoms with van der Waals surface area (Å²) in [6.07, 6.45) is 2.46. The fraction of sp³-hybridized carbons (Fsp3) is 0.727. The zero-order valence-corrected chi connectivity index (χ0v) is 10.0. The largest absolute Gasteiger partial charge is 0.333 e. The van der Waals surface area contributed by atoms with Crippen molar-refractivity contribution < 1.29 is 4.79 Å². The lowest BCUT2D eigenvalue weighted by Gasteiger charge is -2.36. The first-order chi connectivity index (χ1) is 8.24. The molecule has 2 fully saturated rings. The maximum atomic E-state index is 12.2. The molecule has 2 aliphatic heterocycles. The summed E-state index contributed by atoms with van der Waals surface area (Å²) in [5.74, 6) is 0.947. The van der Waals surface area contributed by atoms with Crippen molar-refractivity contribution in [2.45, 2.75) is 25.8 Å². The SMILES string of the molecule is Cc1nc(C(=O)N2CCN3CCCC3C2)n[nH]1. The van der Waals surface area contributed by atoms with Crippen LogP contribution in [0.5, 0.6) is 0 Å². The van der Waals surface area contributed by atoms with Crippen LogP contribution in [0.3, 0.4) is 0 Å². The highest BCUT2D eigenvalue weighted by molar-refractivity contribution is 5.90. The first kappa shape index (κ1) is 10.7. The molecule has 1 amide bonds. The Kier molecular flexibility index (Phi) is 2.58. The van der Waals surface area contributed by atoms with Crippen molar-refractivity contribution in [1.82, 2.24) is 25.0 Å². The van der Waals surface area contributed by atoms with Crippen molar-refractivity contribution in [1.29, 1.82) is 0 Å². The van der Waals surface area contributed by atoms with E-state index in [0.717, 1.165) is 19.6 Å². The second-order valence-electron chi connectivity index (χ2n) is 4.83. The standard InChI is InChI=1S/C11H17N5O/c1-8-12-10(14-13-8)11(17)16-6-5-15-4-2-3-9(15)7-16/h9H,2-7H2,1H3,(H,12,13,14). The second kappa shape index (κ2) is 4.10. The Morgan fingerprint density at radius 2 is 2.29 bits per heavy atom. The van der Waals surface area contributed by atoms with Crippen molar-refractivity contribution in [3.63, 3.8) is 0 Å². The van der Waals surface area contributed by atoms with Gasteiger partial charge in [-0.05, 0) is 26.3 Å². The van der Waals surface area contributed by atoms with Crippen molar-refractivity contribution in [2.75, 3.05) is 26.2 Å². The fourth-order valence-electron chi connectivity index (χ4n) is 2.76. The summed E-state index contributed by atoms with van der Waals surface area (Å²) in [4.78, 5) is 20.6. The van der Waals surface area contributed by atoms with E-state index in [2.05, 4.69) is 20.1 Å². The molecule has 0 aromatic carbocycles. The number of hydrogen-bond acceptors (Lipinski definition) is 4. The Labute approximate surface area is 100 Å². The highest BCUT2D eigenvalue weighted by Gasteiger charge is 2.33. The Morgan fingerprint density at radius 1 is 1.41 bits per heavy atom. The average molecular weight is 235 g/mol. The van der Waals surface area contributed by atoms with E-state index in [-0.39, 0.29) is 5.91 Å². The maximum absolute atomic E-state index is 12.2. The molecule has 6 heteroatoms. The third-order valence-electron chi connectivity index (χ3n) is 3.66. The van der Waals surface area contributed by atoms with Crippen LogP contribution < -0.4 is 0 Å². The highest BCUT2D eigenvalue weighted by Crippen LogP contribution is 2.21. The van der Waals surface area contributed by atoms with Gasteiger partial charge in [-0.2, -0.15) is 0 Å². The molecule has 0 aliphatic carbocycles. The van der Waals surface area contributed by atoms with E-state index in [0.29, 0.717) is 17.7 Å². The van der Waals surface area contributed by atoms with Gasteiger partial charge >= 0.3 is 0 Å². The molecule has 2 saturated heterocycles. The fourth-order valence-corrected chi connectivity index (χ4v) is 2.76. The number of aromatic nitrogens is 3. The van der Waals surface area contributed by atoms with E-state index in [9.17, 15) is 4.79 Å². The number of nitrogens with zero attached hydrogens (tertiary/aromatic N) is 4. The Hall–Kier alpha value is -1.43. The third-order valence-corrected chi connectivity index (χ3v) is 3.66. The molecule has 3 rings (SSSR count). The zero-order chi connectivity index (χ0) is 11.8. The molecule has 0 spiro atoms. The minimum atomic E-state index is -0.0408. The molecule has 6 nitrogen and oxygen atoms in total. The Balaban J connectivity index is 1.70. The zero-order valence-electron chi connectivity index (χ0n) is 10.0. The molecule has 1 atom stereocenters. The Bertz CT molecular complexity index is 429. The van der Waals surface area contributed by atoms with E-state index >= 15 is 0 Å². The van der Waals surface area contributed by atoms with Crippen LogP contribution >= 0.6 is 0 Å². The molecule has 1 unspecified atom stereocenters. The van der Waals surface area contributed by atoms with Crippen LogP contribution in [-0.4, -0.2) is 63.1 Å². The summed E-state index contributed by atoms with van der Waals surface area (Å²) in [5, 5.41) is 6.65. The number of aryl methyl sites for hydroxylation is 1. The molecular weight excluding hydrogens is 218 g/mol. The summed E-state index contributed by atoms with van der Waals surface area (Å²) in [5.41, 5.74) is 0. The van der Waals surface area contributed by atoms with E-state index in [4.69, 9.17) is 0 Å². The molecule has 92 valence electrons. The van der Waals surface area contributed by atoms with Crippen LogP contribution in [0, 0.1) is 6.92 Å². The molecule has 1 N–H and O–H groups in total. The van der Waals surface area contributed by atoms with Gasteiger partial charge in [0.15, 0.2) is 0 Å². The lowest BCUT2D eigenvalue weighted by molar-refractivity contribution is 0.0560. The number of carbonyl (C=O) groups is 1. The smallest absolute Gasteiger partial charge is 0.293 e. The molecule has 0 saturated carbocycles. The van der Waals surface area contributed by atoms with Crippen LogP contribution in [-0.2, 0) is 0 Å². The number of H-pyrrole nitrogens is 1. The predicted octanol–water partition coefficient (Wildman–Crippen LogP) is 0.0333. The van der Waals surface area contributed by atoms with Crippen LogP contribution in [0.1, 0.15) is 29.3 Å². The molecular formula is C11H17N5O. The summed E-state index contributed by atoms with van der Waals surface area (Å²) in [7, 11) is 0. The molecule has 3 heterocycles. The first-order valence-electron chi connectivity index (χ1n) is 6.16. The lowest BCUT2D eigenvalue weighted by Crippen LogP contribution is -2.52. The van der Waals surface area contributed by atoms with Gasteiger partial charge in [0.2, 0.25) is 5.82 Å². The summed E-state index contributed by atoms with van der Waals surface area (Å²) < 4.78 is 0. The van der Waals surface area contributed by atoms with Gasteiger partial charge < -0.3 is 4.90 Å². The monoisotopic (exact) mass is 235 g/mol. The van der Waals surface area contributed by atoms with Crippen LogP contribution in [0.4, 0.5) is 0 Å². The van der Waals surface area contributed by atoms with Crippen LogP contribution in [0.2, 0.25) is 0 Å². The summed E-state index contributed by atoms with van der Waals surface area (Å²) in [6.45, 7) is 5.60. The number of fused-ring (bicyclic) bond motifs is 1. The molecule has 2 aliphatic rings. The van der Waals surface area contributed by atoms with Gasteiger partial charge in [0.1, 0.15) is 5.82 Å². The van der Waals surface area contributed by atoms with E-state index in [1.165, 1.54) is 19.4 Å².